The summed E-state index contributed by atoms with van der Waals surface area (Å²) in [6.45, 7) is 4.32. The SMILES string of the molecule is COc1ccc(N)c(NCC(O)C(C)C)n1. The van der Waals surface area contributed by atoms with Crippen LogP contribution in [0.5, 0.6) is 5.88 Å². The molecule has 0 fully saturated rings. The number of nitrogens with one attached hydrogen (secondary N) is 1. The summed E-state index contributed by atoms with van der Waals surface area (Å²) in [4.78, 5) is 4.15. The summed E-state index contributed by atoms with van der Waals surface area (Å²) in [7, 11) is 1.55. The third-order valence-electron chi connectivity index (χ3n) is 2.36. The normalized spacial score (nSPS) is 12.6. The van der Waals surface area contributed by atoms with Gasteiger partial charge in [0.1, 0.15) is 0 Å². The molecule has 0 aliphatic carbocycles. The van der Waals surface area contributed by atoms with Gasteiger partial charge in [-0.15, -0.1) is 0 Å². The molecule has 0 amide bonds. The fraction of sp³-hybridized carbons (Fsp3) is 0.545. The van der Waals surface area contributed by atoms with E-state index in [4.69, 9.17) is 10.5 Å². The van der Waals surface area contributed by atoms with Gasteiger partial charge in [-0.3, -0.25) is 0 Å². The lowest BCUT2D eigenvalue weighted by molar-refractivity contribution is 0.138. The highest BCUT2D eigenvalue weighted by Gasteiger charge is 2.10. The standard InChI is InChI=1S/C11H19N3O2/c1-7(2)9(15)6-13-11-8(12)4-5-10(14-11)16-3/h4-5,7,9,15H,6,12H2,1-3H3,(H,13,14). The van der Waals surface area contributed by atoms with Crippen LogP contribution in [0.25, 0.3) is 0 Å². The second kappa shape index (κ2) is 5.55. The van der Waals surface area contributed by atoms with Crippen molar-refractivity contribution in [3.63, 3.8) is 0 Å². The zero-order valence-electron chi connectivity index (χ0n) is 9.90. The van der Waals surface area contributed by atoms with Crippen LogP contribution >= 0.6 is 0 Å². The number of nitrogens with zero attached hydrogens (tertiary/aromatic N) is 1. The predicted octanol–water partition coefficient (Wildman–Crippen LogP) is 1.10. The van der Waals surface area contributed by atoms with Gasteiger partial charge >= 0.3 is 0 Å². The molecule has 0 aliphatic heterocycles. The van der Waals surface area contributed by atoms with Crippen LogP contribution in [0.4, 0.5) is 11.5 Å². The molecule has 0 aliphatic rings. The van der Waals surface area contributed by atoms with Crippen molar-refractivity contribution in [2.24, 2.45) is 5.92 Å². The topological polar surface area (TPSA) is 80.4 Å². The van der Waals surface area contributed by atoms with E-state index >= 15 is 0 Å². The second-order valence-corrected chi connectivity index (χ2v) is 3.98. The molecule has 5 heteroatoms. The molecule has 0 saturated heterocycles. The maximum absolute atomic E-state index is 9.64. The summed E-state index contributed by atoms with van der Waals surface area (Å²) in [6.07, 6.45) is -0.424. The van der Waals surface area contributed by atoms with Crippen LogP contribution in [0.1, 0.15) is 13.8 Å². The zero-order valence-corrected chi connectivity index (χ0v) is 9.90. The molecule has 1 heterocycles. The Labute approximate surface area is 95.6 Å². The Kier molecular flexibility index (Phi) is 4.37. The summed E-state index contributed by atoms with van der Waals surface area (Å²) in [5.41, 5.74) is 6.28. The maximum atomic E-state index is 9.64. The van der Waals surface area contributed by atoms with E-state index in [2.05, 4.69) is 10.3 Å². The van der Waals surface area contributed by atoms with Gasteiger partial charge in [0, 0.05) is 12.6 Å². The smallest absolute Gasteiger partial charge is 0.215 e. The number of anilines is 2. The van der Waals surface area contributed by atoms with Crippen LogP contribution in [0.3, 0.4) is 0 Å². The van der Waals surface area contributed by atoms with Crippen LogP contribution in [-0.4, -0.2) is 29.8 Å². The van der Waals surface area contributed by atoms with Gasteiger partial charge < -0.3 is 20.9 Å². The molecule has 1 atom stereocenters. The lowest BCUT2D eigenvalue weighted by Crippen LogP contribution is -2.25. The molecule has 1 unspecified atom stereocenters. The highest BCUT2D eigenvalue weighted by molar-refractivity contribution is 5.61. The molecule has 1 aromatic rings. The average Bonchev–Trinajstić information content (AvgIpc) is 2.27. The molecular weight excluding hydrogens is 206 g/mol. The van der Waals surface area contributed by atoms with E-state index in [-0.39, 0.29) is 5.92 Å². The van der Waals surface area contributed by atoms with Gasteiger partial charge in [0.05, 0.1) is 18.9 Å². The first-order chi connectivity index (χ1) is 7.54. The van der Waals surface area contributed by atoms with Gasteiger partial charge in [-0.1, -0.05) is 13.8 Å². The van der Waals surface area contributed by atoms with Crippen molar-refractivity contribution in [1.29, 1.82) is 0 Å². The lowest BCUT2D eigenvalue weighted by atomic mass is 10.1. The molecule has 4 N–H and O–H groups in total. The minimum Gasteiger partial charge on any atom is -0.481 e. The summed E-state index contributed by atoms with van der Waals surface area (Å²) in [6, 6.07) is 3.41. The number of pyridine rings is 1. The summed E-state index contributed by atoms with van der Waals surface area (Å²) in [5, 5.41) is 12.6. The van der Waals surface area contributed by atoms with Gasteiger partial charge in [0.2, 0.25) is 5.88 Å². The minimum absolute atomic E-state index is 0.194. The predicted molar refractivity (Wildman–Crippen MR) is 64.5 cm³/mol. The number of hydrogen-bond donors (Lipinski definition) is 3. The fourth-order valence-electron chi connectivity index (χ4n) is 1.14. The summed E-state index contributed by atoms with van der Waals surface area (Å²) < 4.78 is 4.99. The Bertz CT molecular complexity index is 342. The Morgan fingerprint density at radius 1 is 1.50 bits per heavy atom. The molecule has 0 aromatic carbocycles. The van der Waals surface area contributed by atoms with E-state index in [1.807, 2.05) is 13.8 Å². The number of hydrogen-bond acceptors (Lipinski definition) is 5. The number of aromatic nitrogens is 1. The van der Waals surface area contributed by atoms with Crippen LogP contribution in [0, 0.1) is 5.92 Å². The van der Waals surface area contributed by atoms with Crippen molar-refractivity contribution in [2.75, 3.05) is 24.7 Å². The van der Waals surface area contributed by atoms with Crippen molar-refractivity contribution in [3.05, 3.63) is 12.1 Å². The highest BCUT2D eigenvalue weighted by atomic mass is 16.5. The average molecular weight is 225 g/mol. The molecule has 0 bridgehead atoms. The van der Waals surface area contributed by atoms with Crippen molar-refractivity contribution >= 4 is 11.5 Å². The molecule has 1 aromatic heterocycles. The number of aliphatic hydroxyl groups excluding tert-OH is 1. The summed E-state index contributed by atoms with van der Waals surface area (Å²) in [5.74, 6) is 1.23. The number of methoxy groups -OCH3 is 1. The quantitative estimate of drug-likeness (QED) is 0.699. The third-order valence-corrected chi connectivity index (χ3v) is 2.36. The van der Waals surface area contributed by atoms with Crippen LogP contribution < -0.4 is 15.8 Å². The van der Waals surface area contributed by atoms with Gasteiger partial charge in [0.25, 0.3) is 0 Å². The largest absolute Gasteiger partial charge is 0.481 e. The molecule has 0 saturated carbocycles. The summed E-state index contributed by atoms with van der Waals surface area (Å²) >= 11 is 0. The first-order valence-electron chi connectivity index (χ1n) is 5.27. The van der Waals surface area contributed by atoms with Gasteiger partial charge in [-0.2, -0.15) is 4.98 Å². The van der Waals surface area contributed by atoms with E-state index in [1.54, 1.807) is 19.2 Å². The zero-order chi connectivity index (χ0) is 12.1. The third kappa shape index (κ3) is 3.27. The lowest BCUT2D eigenvalue weighted by Gasteiger charge is -2.16. The van der Waals surface area contributed by atoms with Gasteiger partial charge in [-0.25, -0.2) is 0 Å². The van der Waals surface area contributed by atoms with Crippen LogP contribution in [0.15, 0.2) is 12.1 Å². The van der Waals surface area contributed by atoms with Crippen LogP contribution in [0.2, 0.25) is 0 Å². The van der Waals surface area contributed by atoms with E-state index in [9.17, 15) is 5.11 Å². The second-order valence-electron chi connectivity index (χ2n) is 3.98. The number of nitrogens with two attached hydrogens (primary N) is 1. The van der Waals surface area contributed by atoms with Crippen molar-refractivity contribution < 1.29 is 9.84 Å². The van der Waals surface area contributed by atoms with Crippen molar-refractivity contribution in [1.82, 2.24) is 4.98 Å². The van der Waals surface area contributed by atoms with E-state index in [0.29, 0.717) is 23.9 Å². The van der Waals surface area contributed by atoms with Crippen molar-refractivity contribution in [3.8, 4) is 5.88 Å². The minimum atomic E-state index is -0.424. The molecular formula is C11H19N3O2. The number of aliphatic hydroxyl groups is 1. The molecule has 5 nitrogen and oxygen atoms in total. The molecule has 16 heavy (non-hydrogen) atoms. The van der Waals surface area contributed by atoms with E-state index in [0.717, 1.165) is 0 Å². The van der Waals surface area contributed by atoms with Crippen molar-refractivity contribution in [2.45, 2.75) is 20.0 Å². The number of ether oxygens (including phenoxy) is 1. The first kappa shape index (κ1) is 12.6. The fourth-order valence-corrected chi connectivity index (χ4v) is 1.14. The maximum Gasteiger partial charge on any atom is 0.215 e. The Morgan fingerprint density at radius 2 is 2.19 bits per heavy atom. The highest BCUT2D eigenvalue weighted by Crippen LogP contribution is 2.19. The Morgan fingerprint density at radius 3 is 2.75 bits per heavy atom. The molecule has 1 rings (SSSR count). The van der Waals surface area contributed by atoms with Gasteiger partial charge in [-0.05, 0) is 12.0 Å². The molecule has 90 valence electrons. The van der Waals surface area contributed by atoms with Gasteiger partial charge in [0.15, 0.2) is 5.82 Å². The molecule has 0 spiro atoms. The first-order valence-corrected chi connectivity index (χ1v) is 5.27. The monoisotopic (exact) mass is 225 g/mol. The van der Waals surface area contributed by atoms with Crippen LogP contribution in [-0.2, 0) is 0 Å². The number of nitrogen functional groups attached to an aromatic ring is 1. The van der Waals surface area contributed by atoms with E-state index in [1.165, 1.54) is 0 Å². The Hall–Kier alpha value is -1.49. The number of rotatable bonds is 5. The Balaban J connectivity index is 2.65. The molecule has 0 radical (unpaired) electrons. The van der Waals surface area contributed by atoms with E-state index < -0.39 is 6.10 Å².